The van der Waals surface area contributed by atoms with E-state index in [9.17, 15) is 14.5 Å². The first-order valence-electron chi connectivity index (χ1n) is 5.81. The third-order valence-corrected chi connectivity index (χ3v) is 2.67. The van der Waals surface area contributed by atoms with Crippen molar-refractivity contribution in [3.05, 3.63) is 64.0 Å². The first-order chi connectivity index (χ1) is 9.11. The fourth-order valence-corrected chi connectivity index (χ4v) is 1.71. The normalized spacial score (nSPS) is 10.2. The first kappa shape index (κ1) is 13.0. The van der Waals surface area contributed by atoms with Gasteiger partial charge in [0.25, 0.3) is 0 Å². The van der Waals surface area contributed by atoms with Crippen molar-refractivity contribution >= 4 is 5.69 Å². The van der Waals surface area contributed by atoms with Crippen LogP contribution >= 0.6 is 0 Å². The molecule has 0 bridgehead atoms. The van der Waals surface area contributed by atoms with Gasteiger partial charge in [0.15, 0.2) is 0 Å². The van der Waals surface area contributed by atoms with Crippen LogP contribution in [0.2, 0.25) is 0 Å². The standard InChI is InChI=1S/C14H12FNO3/c1-2-10-5-3-6-11(9-10)19-13-8-4-7-12(15)14(13)16(17)18/h3-9H,2H2,1H3. The summed E-state index contributed by atoms with van der Waals surface area (Å²) in [5, 5.41) is 10.8. The van der Waals surface area contributed by atoms with E-state index in [1.54, 1.807) is 18.2 Å². The molecular formula is C14H12FNO3. The average molecular weight is 261 g/mol. The molecule has 0 N–H and O–H groups in total. The molecule has 0 atom stereocenters. The highest BCUT2D eigenvalue weighted by Gasteiger charge is 2.21. The molecule has 2 aromatic rings. The van der Waals surface area contributed by atoms with E-state index in [0.717, 1.165) is 18.1 Å². The maximum absolute atomic E-state index is 13.4. The maximum Gasteiger partial charge on any atom is 0.346 e. The SMILES string of the molecule is CCc1cccc(Oc2cccc(F)c2[N+](=O)[O-])c1. The quantitative estimate of drug-likeness (QED) is 0.615. The van der Waals surface area contributed by atoms with Crippen LogP contribution in [0.1, 0.15) is 12.5 Å². The molecule has 2 rings (SSSR count). The molecule has 0 aromatic heterocycles. The Bertz CT molecular complexity index is 613. The summed E-state index contributed by atoms with van der Waals surface area (Å²) in [4.78, 5) is 10.1. The molecule has 0 saturated carbocycles. The highest BCUT2D eigenvalue weighted by molar-refractivity contribution is 5.49. The van der Waals surface area contributed by atoms with Crippen LogP contribution in [-0.4, -0.2) is 4.92 Å². The summed E-state index contributed by atoms with van der Waals surface area (Å²) in [6.07, 6.45) is 0.822. The fraction of sp³-hybridized carbons (Fsp3) is 0.143. The molecule has 0 aliphatic heterocycles. The molecule has 0 fully saturated rings. The van der Waals surface area contributed by atoms with Crippen LogP contribution in [0.3, 0.4) is 0 Å². The van der Waals surface area contributed by atoms with E-state index < -0.39 is 16.4 Å². The van der Waals surface area contributed by atoms with Crippen molar-refractivity contribution in [3.63, 3.8) is 0 Å². The van der Waals surface area contributed by atoms with Gasteiger partial charge in [-0.05, 0) is 36.2 Å². The lowest BCUT2D eigenvalue weighted by Gasteiger charge is -2.07. The Morgan fingerprint density at radius 3 is 2.68 bits per heavy atom. The van der Waals surface area contributed by atoms with Gasteiger partial charge in [0.05, 0.1) is 4.92 Å². The lowest BCUT2D eigenvalue weighted by atomic mass is 10.2. The van der Waals surface area contributed by atoms with Gasteiger partial charge in [-0.2, -0.15) is 4.39 Å². The van der Waals surface area contributed by atoms with Crippen molar-refractivity contribution in [2.45, 2.75) is 13.3 Å². The third-order valence-electron chi connectivity index (χ3n) is 2.67. The molecule has 5 heteroatoms. The Kier molecular flexibility index (Phi) is 3.75. The largest absolute Gasteiger partial charge is 0.450 e. The first-order valence-corrected chi connectivity index (χ1v) is 5.81. The van der Waals surface area contributed by atoms with E-state index in [-0.39, 0.29) is 5.75 Å². The number of ether oxygens (including phenoxy) is 1. The van der Waals surface area contributed by atoms with Gasteiger partial charge in [0.2, 0.25) is 11.6 Å². The number of hydrogen-bond acceptors (Lipinski definition) is 3. The number of para-hydroxylation sites is 1. The van der Waals surface area contributed by atoms with Crippen LogP contribution in [0.15, 0.2) is 42.5 Å². The van der Waals surface area contributed by atoms with Crippen LogP contribution in [0.25, 0.3) is 0 Å². The zero-order valence-electron chi connectivity index (χ0n) is 10.3. The van der Waals surface area contributed by atoms with Crippen molar-refractivity contribution in [1.29, 1.82) is 0 Å². The van der Waals surface area contributed by atoms with Crippen LogP contribution in [-0.2, 0) is 6.42 Å². The number of nitro groups is 1. The lowest BCUT2D eigenvalue weighted by molar-refractivity contribution is -0.388. The number of nitro benzene ring substituents is 1. The predicted molar refractivity (Wildman–Crippen MR) is 68.9 cm³/mol. The summed E-state index contributed by atoms with van der Waals surface area (Å²) >= 11 is 0. The second-order valence-corrected chi connectivity index (χ2v) is 3.95. The number of halogens is 1. The Hall–Kier alpha value is -2.43. The molecule has 0 aliphatic carbocycles. The van der Waals surface area contributed by atoms with Gasteiger partial charge >= 0.3 is 5.69 Å². The molecule has 0 heterocycles. The minimum absolute atomic E-state index is 0.0988. The summed E-state index contributed by atoms with van der Waals surface area (Å²) in [7, 11) is 0. The van der Waals surface area contributed by atoms with Crippen molar-refractivity contribution < 1.29 is 14.1 Å². The summed E-state index contributed by atoms with van der Waals surface area (Å²) < 4.78 is 18.8. The highest BCUT2D eigenvalue weighted by atomic mass is 19.1. The van der Waals surface area contributed by atoms with Crippen molar-refractivity contribution in [2.24, 2.45) is 0 Å². The van der Waals surface area contributed by atoms with Gasteiger partial charge in [-0.25, -0.2) is 0 Å². The molecular weight excluding hydrogens is 249 g/mol. The predicted octanol–water partition coefficient (Wildman–Crippen LogP) is 4.09. The van der Waals surface area contributed by atoms with E-state index in [2.05, 4.69) is 0 Å². The second kappa shape index (κ2) is 5.48. The van der Waals surface area contributed by atoms with Gasteiger partial charge in [-0.1, -0.05) is 25.1 Å². The van der Waals surface area contributed by atoms with E-state index >= 15 is 0 Å². The van der Waals surface area contributed by atoms with E-state index in [1.165, 1.54) is 12.1 Å². The molecule has 0 spiro atoms. The summed E-state index contributed by atoms with van der Waals surface area (Å²) in [5.74, 6) is -0.555. The van der Waals surface area contributed by atoms with E-state index in [0.29, 0.717) is 5.75 Å². The Labute approximate surface area is 109 Å². The Balaban J connectivity index is 2.38. The molecule has 4 nitrogen and oxygen atoms in total. The van der Waals surface area contributed by atoms with Crippen LogP contribution in [0.5, 0.6) is 11.5 Å². The van der Waals surface area contributed by atoms with Crippen molar-refractivity contribution in [3.8, 4) is 11.5 Å². The zero-order chi connectivity index (χ0) is 13.8. The zero-order valence-corrected chi connectivity index (χ0v) is 10.3. The summed E-state index contributed by atoms with van der Waals surface area (Å²) in [6, 6.07) is 10.9. The van der Waals surface area contributed by atoms with Gasteiger partial charge in [-0.3, -0.25) is 10.1 Å². The molecule has 0 unspecified atom stereocenters. The average Bonchev–Trinajstić information content (AvgIpc) is 2.38. The highest BCUT2D eigenvalue weighted by Crippen LogP contribution is 2.33. The molecule has 2 aromatic carbocycles. The smallest absolute Gasteiger partial charge is 0.346 e. The molecule has 0 aliphatic rings. The molecule has 0 radical (unpaired) electrons. The van der Waals surface area contributed by atoms with Gasteiger partial charge in [0.1, 0.15) is 5.75 Å². The topological polar surface area (TPSA) is 52.4 Å². The maximum atomic E-state index is 13.4. The number of hydrogen-bond donors (Lipinski definition) is 0. The second-order valence-electron chi connectivity index (χ2n) is 3.95. The van der Waals surface area contributed by atoms with Crippen molar-refractivity contribution in [1.82, 2.24) is 0 Å². The van der Waals surface area contributed by atoms with Crippen LogP contribution < -0.4 is 4.74 Å². The monoisotopic (exact) mass is 261 g/mol. The van der Waals surface area contributed by atoms with Gasteiger partial charge < -0.3 is 4.74 Å². The number of rotatable bonds is 4. The minimum atomic E-state index is -0.908. The van der Waals surface area contributed by atoms with Crippen molar-refractivity contribution in [2.75, 3.05) is 0 Å². The number of nitrogens with zero attached hydrogens (tertiary/aromatic N) is 1. The van der Waals surface area contributed by atoms with Crippen LogP contribution in [0.4, 0.5) is 10.1 Å². The molecule has 0 saturated heterocycles. The third kappa shape index (κ3) is 2.88. The van der Waals surface area contributed by atoms with E-state index in [4.69, 9.17) is 4.74 Å². The summed E-state index contributed by atoms with van der Waals surface area (Å²) in [5.41, 5.74) is 0.390. The molecule has 19 heavy (non-hydrogen) atoms. The minimum Gasteiger partial charge on any atom is -0.450 e. The molecule has 0 amide bonds. The van der Waals surface area contributed by atoms with Gasteiger partial charge in [-0.15, -0.1) is 0 Å². The Morgan fingerprint density at radius 1 is 1.26 bits per heavy atom. The Morgan fingerprint density at radius 2 is 2.00 bits per heavy atom. The molecule has 98 valence electrons. The number of aryl methyl sites for hydroxylation is 1. The van der Waals surface area contributed by atoms with Crippen LogP contribution in [0, 0.1) is 15.9 Å². The summed E-state index contributed by atoms with van der Waals surface area (Å²) in [6.45, 7) is 1.99. The lowest BCUT2D eigenvalue weighted by Crippen LogP contribution is -1.96. The van der Waals surface area contributed by atoms with E-state index in [1.807, 2.05) is 13.0 Å². The number of benzene rings is 2. The van der Waals surface area contributed by atoms with Gasteiger partial charge in [0, 0.05) is 0 Å². The fourth-order valence-electron chi connectivity index (χ4n) is 1.71.